The van der Waals surface area contributed by atoms with E-state index in [0.717, 1.165) is 111 Å². The Kier molecular flexibility index (Phi) is 15.1. The molecule has 0 radical (unpaired) electrons. The molecule has 28 heavy (non-hydrogen) atoms. The van der Waals surface area contributed by atoms with E-state index in [-0.39, 0.29) is 0 Å². The Morgan fingerprint density at radius 3 is 1.68 bits per heavy atom. The van der Waals surface area contributed by atoms with Gasteiger partial charge in [0.25, 0.3) is 0 Å². The normalized spacial score (nSPS) is 20.7. The average Bonchev–Trinajstić information content (AvgIpc) is 3.10. The smallest absolute Gasteiger partial charge is 0.0239 e. The van der Waals surface area contributed by atoms with Crippen molar-refractivity contribution in [2.45, 2.75) is 50.6 Å². The Morgan fingerprint density at radius 2 is 1.18 bits per heavy atom. The van der Waals surface area contributed by atoms with Gasteiger partial charge >= 0.3 is 0 Å². The third kappa shape index (κ3) is 9.93. The third-order valence-electron chi connectivity index (χ3n) is 5.80. The van der Waals surface area contributed by atoms with Crippen molar-refractivity contribution in [3.63, 3.8) is 0 Å². The molecule has 1 aliphatic rings. The first-order chi connectivity index (χ1) is 13.7. The van der Waals surface area contributed by atoms with Crippen molar-refractivity contribution < 1.29 is 0 Å². The molecule has 10 N–H and O–H groups in total. The molecular weight excluding hydrogens is 352 g/mol. The second kappa shape index (κ2) is 16.5. The van der Waals surface area contributed by atoms with Crippen LogP contribution < -0.4 is 28.7 Å². The highest BCUT2D eigenvalue weighted by molar-refractivity contribution is 4.92. The molecular formula is C20H48N8. The summed E-state index contributed by atoms with van der Waals surface area (Å²) in [6, 6.07) is 1.16. The van der Waals surface area contributed by atoms with Crippen LogP contribution >= 0.6 is 0 Å². The summed E-state index contributed by atoms with van der Waals surface area (Å²) in [4.78, 5) is 7.85. The fraction of sp³-hybridized carbons (Fsp3) is 1.00. The SMILES string of the molecule is NCCCN(CCCN)C[C@@H]1C[C@@H](N(CCCN)CCCN)CN1CCCN. The molecule has 0 saturated carbocycles. The molecule has 0 unspecified atom stereocenters. The van der Waals surface area contributed by atoms with Crippen molar-refractivity contribution in [2.24, 2.45) is 28.7 Å². The lowest BCUT2D eigenvalue weighted by Crippen LogP contribution is -2.42. The Balaban J connectivity index is 2.75. The van der Waals surface area contributed by atoms with E-state index in [1.165, 1.54) is 6.42 Å². The third-order valence-corrected chi connectivity index (χ3v) is 5.80. The lowest BCUT2D eigenvalue weighted by atomic mass is 10.1. The Hall–Kier alpha value is -0.320. The molecule has 0 aliphatic carbocycles. The van der Waals surface area contributed by atoms with Crippen LogP contribution in [-0.2, 0) is 0 Å². The van der Waals surface area contributed by atoms with Crippen LogP contribution in [0, 0.1) is 0 Å². The van der Waals surface area contributed by atoms with Gasteiger partial charge in [0.05, 0.1) is 0 Å². The monoisotopic (exact) mass is 400 g/mol. The van der Waals surface area contributed by atoms with E-state index in [9.17, 15) is 0 Å². The molecule has 0 spiro atoms. The molecule has 168 valence electrons. The van der Waals surface area contributed by atoms with E-state index in [1.807, 2.05) is 0 Å². The van der Waals surface area contributed by atoms with Crippen LogP contribution in [0.15, 0.2) is 0 Å². The molecule has 1 fully saturated rings. The van der Waals surface area contributed by atoms with E-state index in [2.05, 4.69) is 14.7 Å². The first kappa shape index (κ1) is 25.7. The second-order valence-electron chi connectivity index (χ2n) is 8.09. The lowest BCUT2D eigenvalue weighted by molar-refractivity contribution is 0.166. The maximum absolute atomic E-state index is 5.81. The zero-order valence-corrected chi connectivity index (χ0v) is 18.1. The van der Waals surface area contributed by atoms with Crippen molar-refractivity contribution in [3.05, 3.63) is 0 Å². The van der Waals surface area contributed by atoms with E-state index in [1.54, 1.807) is 0 Å². The predicted octanol–water partition coefficient (Wildman–Crippen LogP) is -1.22. The number of hydrogen-bond acceptors (Lipinski definition) is 8. The van der Waals surface area contributed by atoms with Crippen molar-refractivity contribution in [2.75, 3.05) is 78.5 Å². The fourth-order valence-corrected chi connectivity index (χ4v) is 4.27. The van der Waals surface area contributed by atoms with E-state index >= 15 is 0 Å². The quantitative estimate of drug-likeness (QED) is 0.193. The molecule has 1 rings (SSSR count). The summed E-state index contributed by atoms with van der Waals surface area (Å²) >= 11 is 0. The first-order valence-electron chi connectivity index (χ1n) is 11.4. The number of nitrogens with two attached hydrogens (primary N) is 5. The van der Waals surface area contributed by atoms with Gasteiger partial charge in [-0.15, -0.1) is 0 Å². The van der Waals surface area contributed by atoms with Crippen molar-refractivity contribution in [1.82, 2.24) is 14.7 Å². The molecule has 0 amide bonds. The molecule has 0 aromatic carbocycles. The number of nitrogens with zero attached hydrogens (tertiary/aromatic N) is 3. The average molecular weight is 401 g/mol. The van der Waals surface area contributed by atoms with Crippen molar-refractivity contribution in [1.29, 1.82) is 0 Å². The maximum Gasteiger partial charge on any atom is 0.0239 e. The zero-order valence-electron chi connectivity index (χ0n) is 18.1. The van der Waals surface area contributed by atoms with Gasteiger partial charge in [0.15, 0.2) is 0 Å². The number of likely N-dealkylation sites (tertiary alicyclic amines) is 1. The second-order valence-corrected chi connectivity index (χ2v) is 8.09. The number of hydrogen-bond donors (Lipinski definition) is 5. The molecule has 8 nitrogen and oxygen atoms in total. The Bertz CT molecular complexity index is 341. The highest BCUT2D eigenvalue weighted by Gasteiger charge is 2.35. The minimum Gasteiger partial charge on any atom is -0.330 e. The summed E-state index contributed by atoms with van der Waals surface area (Å²) in [6.45, 7) is 11.3. The van der Waals surface area contributed by atoms with E-state index in [4.69, 9.17) is 28.7 Å². The van der Waals surface area contributed by atoms with Gasteiger partial charge in [-0.3, -0.25) is 9.80 Å². The molecule has 0 aromatic heterocycles. The molecule has 0 aromatic rings. The maximum atomic E-state index is 5.81. The van der Waals surface area contributed by atoms with E-state index < -0.39 is 0 Å². The van der Waals surface area contributed by atoms with Gasteiger partial charge in [-0.05, 0) is 104 Å². The summed E-state index contributed by atoms with van der Waals surface area (Å²) in [7, 11) is 0. The van der Waals surface area contributed by atoms with Crippen LogP contribution in [0.2, 0.25) is 0 Å². The highest BCUT2D eigenvalue weighted by Crippen LogP contribution is 2.24. The van der Waals surface area contributed by atoms with Crippen LogP contribution in [-0.4, -0.2) is 105 Å². The largest absolute Gasteiger partial charge is 0.330 e. The fourth-order valence-electron chi connectivity index (χ4n) is 4.27. The summed E-state index contributed by atoms with van der Waals surface area (Å²) < 4.78 is 0. The Labute approximate surface area is 173 Å². The topological polar surface area (TPSA) is 140 Å². The van der Waals surface area contributed by atoms with Crippen LogP contribution in [0.4, 0.5) is 0 Å². The summed E-state index contributed by atoms with van der Waals surface area (Å²) in [6.07, 6.45) is 6.45. The van der Waals surface area contributed by atoms with Gasteiger partial charge in [-0.2, -0.15) is 0 Å². The van der Waals surface area contributed by atoms with Crippen molar-refractivity contribution >= 4 is 0 Å². The summed E-state index contributed by atoms with van der Waals surface area (Å²) in [5.74, 6) is 0. The standard InChI is InChI=1S/C20H48N8/c21-6-1-11-26(12-2-7-22)17-19-16-20(18-28(19)15-5-10-25)27(13-3-8-23)14-4-9-24/h19-20H,1-18,21-25H2/t19-,20+/m0/s1. The minimum atomic E-state index is 0.574. The van der Waals surface area contributed by atoms with Crippen LogP contribution in [0.3, 0.4) is 0 Å². The summed E-state index contributed by atoms with van der Waals surface area (Å²) in [5, 5.41) is 0. The van der Waals surface area contributed by atoms with Crippen LogP contribution in [0.1, 0.15) is 38.5 Å². The van der Waals surface area contributed by atoms with Crippen molar-refractivity contribution in [3.8, 4) is 0 Å². The highest BCUT2D eigenvalue weighted by atomic mass is 15.3. The summed E-state index contributed by atoms with van der Waals surface area (Å²) in [5.41, 5.74) is 28.9. The van der Waals surface area contributed by atoms with Gasteiger partial charge in [-0.25, -0.2) is 0 Å². The van der Waals surface area contributed by atoms with E-state index in [0.29, 0.717) is 12.1 Å². The molecule has 1 heterocycles. The van der Waals surface area contributed by atoms with Gasteiger partial charge in [0.2, 0.25) is 0 Å². The Morgan fingerprint density at radius 1 is 0.679 bits per heavy atom. The number of rotatable bonds is 18. The predicted molar refractivity (Wildman–Crippen MR) is 120 cm³/mol. The van der Waals surface area contributed by atoms with Gasteiger partial charge in [0, 0.05) is 25.2 Å². The minimum absolute atomic E-state index is 0.574. The first-order valence-corrected chi connectivity index (χ1v) is 11.4. The molecule has 1 saturated heterocycles. The molecule has 2 atom stereocenters. The van der Waals surface area contributed by atoms with Crippen LogP contribution in [0.5, 0.6) is 0 Å². The van der Waals surface area contributed by atoms with Gasteiger partial charge < -0.3 is 33.6 Å². The zero-order chi connectivity index (χ0) is 20.6. The van der Waals surface area contributed by atoms with Gasteiger partial charge in [0.1, 0.15) is 0 Å². The van der Waals surface area contributed by atoms with Gasteiger partial charge in [-0.1, -0.05) is 0 Å². The molecule has 0 bridgehead atoms. The van der Waals surface area contributed by atoms with Crippen LogP contribution in [0.25, 0.3) is 0 Å². The molecule has 1 aliphatic heterocycles. The lowest BCUT2D eigenvalue weighted by Gasteiger charge is -2.30. The molecule has 8 heteroatoms.